The number of carbonyl (C=O) groups excluding carboxylic acids is 1. The Hall–Kier alpha value is -3.17. The van der Waals surface area contributed by atoms with Crippen molar-refractivity contribution in [1.29, 1.82) is 0 Å². The molecule has 3 aromatic rings. The summed E-state index contributed by atoms with van der Waals surface area (Å²) < 4.78 is 39.9. The molecule has 1 amide bonds. The van der Waals surface area contributed by atoms with Gasteiger partial charge >= 0.3 is 6.18 Å². The predicted molar refractivity (Wildman–Crippen MR) is 115 cm³/mol. The van der Waals surface area contributed by atoms with Crippen molar-refractivity contribution in [3.8, 4) is 0 Å². The average molecular weight is 446 g/mol. The standard InChI is InChI=1S/C22H25F3N6O/c1-13-12-16(30-10-4-5-11-30)6-8-18(13)27-19(32)9-7-17-14(2)26-21-28-20(22(23,24)25)29-31(21)15(17)3/h6,8,12H,4-5,7,9-11H2,1-3H3,(H,27,32). The SMILES string of the molecule is Cc1cc(N2CCCC2)ccc1NC(=O)CCc1c(C)nc2nc(C(F)(F)F)nn2c1C. The smallest absolute Gasteiger partial charge is 0.372 e. The van der Waals surface area contributed by atoms with Gasteiger partial charge in [0.25, 0.3) is 11.6 Å². The highest BCUT2D eigenvalue weighted by Crippen LogP contribution is 2.28. The van der Waals surface area contributed by atoms with Gasteiger partial charge in [0.05, 0.1) is 0 Å². The molecule has 0 atom stereocenters. The normalized spacial score (nSPS) is 14.4. The fraction of sp³-hybridized carbons (Fsp3) is 0.455. The summed E-state index contributed by atoms with van der Waals surface area (Å²) in [6.45, 7) is 7.43. The van der Waals surface area contributed by atoms with Crippen molar-refractivity contribution in [2.75, 3.05) is 23.3 Å². The van der Waals surface area contributed by atoms with Crippen LogP contribution in [-0.4, -0.2) is 38.6 Å². The topological polar surface area (TPSA) is 75.4 Å². The van der Waals surface area contributed by atoms with Gasteiger partial charge in [-0.1, -0.05) is 0 Å². The molecule has 32 heavy (non-hydrogen) atoms. The summed E-state index contributed by atoms with van der Waals surface area (Å²) in [5.41, 5.74) is 4.62. The van der Waals surface area contributed by atoms with E-state index < -0.39 is 12.0 Å². The Balaban J connectivity index is 1.46. The van der Waals surface area contributed by atoms with Gasteiger partial charge in [0.15, 0.2) is 0 Å². The Kier molecular flexibility index (Phi) is 5.79. The minimum absolute atomic E-state index is 0.103. The Morgan fingerprint density at radius 2 is 1.84 bits per heavy atom. The van der Waals surface area contributed by atoms with E-state index in [9.17, 15) is 18.0 Å². The summed E-state index contributed by atoms with van der Waals surface area (Å²) in [6.07, 6.45) is -1.75. The summed E-state index contributed by atoms with van der Waals surface area (Å²) in [6, 6.07) is 6.01. The van der Waals surface area contributed by atoms with Crippen molar-refractivity contribution in [2.45, 2.75) is 52.6 Å². The van der Waals surface area contributed by atoms with Crippen LogP contribution < -0.4 is 10.2 Å². The van der Waals surface area contributed by atoms with E-state index in [1.165, 1.54) is 12.8 Å². The molecule has 0 bridgehead atoms. The number of anilines is 2. The van der Waals surface area contributed by atoms with Crippen LogP contribution in [0.4, 0.5) is 24.5 Å². The van der Waals surface area contributed by atoms with Crippen molar-refractivity contribution >= 4 is 23.1 Å². The number of nitrogens with one attached hydrogen (secondary N) is 1. The second kappa shape index (κ2) is 8.40. The van der Waals surface area contributed by atoms with Crippen LogP contribution >= 0.6 is 0 Å². The minimum Gasteiger partial charge on any atom is -0.372 e. The Bertz CT molecular complexity index is 1160. The Labute approximate surface area is 183 Å². The number of rotatable bonds is 5. The van der Waals surface area contributed by atoms with Crippen molar-refractivity contribution in [3.63, 3.8) is 0 Å². The van der Waals surface area contributed by atoms with Crippen molar-refractivity contribution in [2.24, 2.45) is 0 Å². The zero-order valence-corrected chi connectivity index (χ0v) is 18.3. The first-order valence-corrected chi connectivity index (χ1v) is 10.6. The highest BCUT2D eigenvalue weighted by atomic mass is 19.4. The number of benzene rings is 1. The summed E-state index contributed by atoms with van der Waals surface area (Å²) in [4.78, 5) is 22.5. The molecule has 1 saturated heterocycles. The maximum Gasteiger partial charge on any atom is 0.453 e. The van der Waals surface area contributed by atoms with E-state index in [-0.39, 0.29) is 18.1 Å². The third-order valence-electron chi connectivity index (χ3n) is 5.86. The fourth-order valence-electron chi connectivity index (χ4n) is 4.10. The van der Waals surface area contributed by atoms with Gasteiger partial charge < -0.3 is 10.2 Å². The average Bonchev–Trinajstić information content (AvgIpc) is 3.39. The summed E-state index contributed by atoms with van der Waals surface area (Å²) in [5, 5.41) is 6.48. The van der Waals surface area contributed by atoms with E-state index in [0.717, 1.165) is 34.5 Å². The number of halogens is 3. The van der Waals surface area contributed by atoms with Gasteiger partial charge in [-0.2, -0.15) is 18.2 Å². The molecule has 3 heterocycles. The monoisotopic (exact) mass is 446 g/mol. The molecule has 0 unspecified atom stereocenters. The van der Waals surface area contributed by atoms with Gasteiger partial charge in [-0.05, 0) is 69.4 Å². The van der Waals surface area contributed by atoms with Gasteiger partial charge in [0, 0.05) is 42.3 Å². The molecule has 1 N–H and O–H groups in total. The number of aromatic nitrogens is 4. The lowest BCUT2D eigenvalue weighted by Gasteiger charge is -2.19. The summed E-state index contributed by atoms with van der Waals surface area (Å²) >= 11 is 0. The van der Waals surface area contributed by atoms with Crippen LogP contribution in [0, 0.1) is 20.8 Å². The van der Waals surface area contributed by atoms with Crippen LogP contribution in [0.25, 0.3) is 5.78 Å². The summed E-state index contributed by atoms with van der Waals surface area (Å²) in [7, 11) is 0. The van der Waals surface area contributed by atoms with E-state index in [2.05, 4.69) is 31.3 Å². The molecule has 2 aromatic heterocycles. The van der Waals surface area contributed by atoms with E-state index in [4.69, 9.17) is 0 Å². The molecular formula is C22H25F3N6O. The fourth-order valence-corrected chi connectivity index (χ4v) is 4.10. The largest absolute Gasteiger partial charge is 0.453 e. The molecule has 0 aliphatic carbocycles. The maximum atomic E-state index is 12.9. The number of hydrogen-bond donors (Lipinski definition) is 1. The van der Waals surface area contributed by atoms with Crippen LogP contribution in [0.1, 0.15) is 47.6 Å². The minimum atomic E-state index is -4.64. The summed E-state index contributed by atoms with van der Waals surface area (Å²) in [5.74, 6) is -1.50. The van der Waals surface area contributed by atoms with Gasteiger partial charge in [-0.15, -0.1) is 5.10 Å². The molecule has 10 heteroatoms. The lowest BCUT2D eigenvalue weighted by atomic mass is 10.1. The number of alkyl halides is 3. The predicted octanol–water partition coefficient (Wildman–Crippen LogP) is 4.24. The van der Waals surface area contributed by atoms with E-state index in [0.29, 0.717) is 23.4 Å². The lowest BCUT2D eigenvalue weighted by molar-refractivity contribution is -0.144. The number of aryl methyl sites for hydroxylation is 3. The second-order valence-corrected chi connectivity index (χ2v) is 8.15. The highest BCUT2D eigenvalue weighted by Gasteiger charge is 2.37. The molecule has 1 aliphatic heterocycles. The molecule has 170 valence electrons. The zero-order valence-electron chi connectivity index (χ0n) is 18.3. The van der Waals surface area contributed by atoms with Gasteiger partial charge in [-0.3, -0.25) is 4.79 Å². The maximum absolute atomic E-state index is 12.9. The number of carbonyl (C=O) groups is 1. The first kappa shape index (κ1) is 22.0. The Morgan fingerprint density at radius 1 is 1.12 bits per heavy atom. The third-order valence-corrected chi connectivity index (χ3v) is 5.86. The molecule has 0 spiro atoms. The first-order valence-electron chi connectivity index (χ1n) is 10.6. The number of hydrogen-bond acceptors (Lipinski definition) is 5. The molecular weight excluding hydrogens is 421 g/mol. The zero-order chi connectivity index (χ0) is 23.0. The number of nitrogens with zero attached hydrogens (tertiary/aromatic N) is 5. The van der Waals surface area contributed by atoms with E-state index in [1.807, 2.05) is 19.1 Å². The van der Waals surface area contributed by atoms with Crippen LogP contribution in [0.15, 0.2) is 18.2 Å². The molecule has 0 saturated carbocycles. The van der Waals surface area contributed by atoms with Gasteiger partial charge in [-0.25, -0.2) is 9.50 Å². The molecule has 0 radical (unpaired) electrons. The molecule has 1 aromatic carbocycles. The van der Waals surface area contributed by atoms with Crippen molar-refractivity contribution in [3.05, 3.63) is 46.5 Å². The van der Waals surface area contributed by atoms with Crippen LogP contribution in [0.3, 0.4) is 0 Å². The molecule has 4 rings (SSSR count). The number of amides is 1. The molecule has 7 nitrogen and oxygen atoms in total. The van der Waals surface area contributed by atoms with E-state index >= 15 is 0 Å². The highest BCUT2D eigenvalue weighted by molar-refractivity contribution is 5.92. The quantitative estimate of drug-likeness (QED) is 0.635. The van der Waals surface area contributed by atoms with Crippen LogP contribution in [0.5, 0.6) is 0 Å². The number of fused-ring (bicyclic) bond motifs is 1. The Morgan fingerprint density at radius 3 is 2.50 bits per heavy atom. The van der Waals surface area contributed by atoms with E-state index in [1.54, 1.807) is 13.8 Å². The molecule has 1 aliphatic rings. The second-order valence-electron chi connectivity index (χ2n) is 8.15. The first-order chi connectivity index (χ1) is 15.1. The van der Waals surface area contributed by atoms with Crippen LogP contribution in [-0.2, 0) is 17.4 Å². The van der Waals surface area contributed by atoms with Gasteiger partial charge in [0.2, 0.25) is 5.91 Å². The molecule has 1 fully saturated rings. The van der Waals surface area contributed by atoms with Crippen molar-refractivity contribution < 1.29 is 18.0 Å². The van der Waals surface area contributed by atoms with Crippen molar-refractivity contribution in [1.82, 2.24) is 19.6 Å². The van der Waals surface area contributed by atoms with Crippen LogP contribution in [0.2, 0.25) is 0 Å². The lowest BCUT2D eigenvalue weighted by Crippen LogP contribution is -2.18. The third kappa shape index (κ3) is 4.39. The van der Waals surface area contributed by atoms with Gasteiger partial charge in [0.1, 0.15) is 0 Å².